The van der Waals surface area contributed by atoms with Crippen LogP contribution >= 0.6 is 0 Å². The summed E-state index contributed by atoms with van der Waals surface area (Å²) in [6, 6.07) is 12.3. The molecular formula is C32H48N6. The summed E-state index contributed by atoms with van der Waals surface area (Å²) in [6.07, 6.45) is 5.48. The van der Waals surface area contributed by atoms with Gasteiger partial charge in [-0.25, -0.2) is 9.97 Å². The van der Waals surface area contributed by atoms with E-state index in [1.807, 2.05) is 0 Å². The average Bonchev–Trinajstić information content (AvgIpc) is 3.23. The van der Waals surface area contributed by atoms with Crippen LogP contribution in [0.5, 0.6) is 0 Å². The van der Waals surface area contributed by atoms with E-state index in [9.17, 15) is 0 Å². The van der Waals surface area contributed by atoms with E-state index in [0.717, 1.165) is 61.8 Å². The Hall–Kier alpha value is -2.54. The molecule has 0 aliphatic carbocycles. The highest BCUT2D eigenvalue weighted by Gasteiger charge is 2.19. The summed E-state index contributed by atoms with van der Waals surface area (Å²) in [4.78, 5) is 17.5. The first-order valence-electron chi connectivity index (χ1n) is 14.5. The Kier molecular flexibility index (Phi) is 9.74. The molecule has 3 heterocycles. The largest absolute Gasteiger partial charge is 0.308 e. The molecule has 1 fully saturated rings. The summed E-state index contributed by atoms with van der Waals surface area (Å²) in [6.45, 7) is 24.4. The third-order valence-corrected chi connectivity index (χ3v) is 7.88. The van der Waals surface area contributed by atoms with Gasteiger partial charge >= 0.3 is 0 Å². The van der Waals surface area contributed by atoms with Crippen LogP contribution in [0, 0.1) is 13.8 Å². The molecule has 2 aromatic heterocycles. The molecule has 3 aromatic rings. The van der Waals surface area contributed by atoms with Crippen LogP contribution in [0.4, 0.5) is 0 Å². The van der Waals surface area contributed by atoms with Crippen molar-refractivity contribution < 1.29 is 0 Å². The molecule has 4 rings (SSSR count). The molecule has 6 nitrogen and oxygen atoms in total. The summed E-state index contributed by atoms with van der Waals surface area (Å²) in [5.41, 5.74) is 6.81. The van der Waals surface area contributed by atoms with Gasteiger partial charge in [-0.05, 0) is 64.3 Å². The van der Waals surface area contributed by atoms with Crippen molar-refractivity contribution in [3.63, 3.8) is 0 Å². The minimum Gasteiger partial charge on any atom is -0.308 e. The van der Waals surface area contributed by atoms with Crippen LogP contribution in [0.2, 0.25) is 0 Å². The summed E-state index contributed by atoms with van der Waals surface area (Å²) in [5.74, 6) is 1.10. The summed E-state index contributed by atoms with van der Waals surface area (Å²) >= 11 is 0. The SMILES string of the molecule is CCc1nc2c(C)cc(C)nc2n1Cc1ccc(/C=C/CN2CCN(CCN(C(C)C)C(C)C)CC2)cc1. The number of hydrogen-bond acceptors (Lipinski definition) is 5. The molecule has 0 N–H and O–H groups in total. The molecule has 0 atom stereocenters. The Bertz CT molecular complexity index is 1190. The average molecular weight is 517 g/mol. The smallest absolute Gasteiger partial charge is 0.160 e. The first-order valence-corrected chi connectivity index (χ1v) is 14.5. The minimum atomic E-state index is 0.612. The normalized spacial score (nSPS) is 15.7. The summed E-state index contributed by atoms with van der Waals surface area (Å²) < 4.78 is 2.28. The van der Waals surface area contributed by atoms with Crippen LogP contribution < -0.4 is 0 Å². The monoisotopic (exact) mass is 516 g/mol. The number of aryl methyl sites for hydroxylation is 3. The number of hydrogen-bond donors (Lipinski definition) is 0. The van der Waals surface area contributed by atoms with Crippen LogP contribution in [0.25, 0.3) is 17.2 Å². The Morgan fingerprint density at radius 3 is 2.21 bits per heavy atom. The molecule has 0 unspecified atom stereocenters. The summed E-state index contributed by atoms with van der Waals surface area (Å²) in [5, 5.41) is 0. The number of fused-ring (bicyclic) bond motifs is 1. The van der Waals surface area contributed by atoms with Gasteiger partial charge in [-0.15, -0.1) is 0 Å². The molecule has 0 amide bonds. The van der Waals surface area contributed by atoms with Crippen molar-refractivity contribution in [1.29, 1.82) is 0 Å². The van der Waals surface area contributed by atoms with Crippen LogP contribution in [-0.4, -0.2) is 87.1 Å². The maximum Gasteiger partial charge on any atom is 0.160 e. The van der Waals surface area contributed by atoms with Crippen molar-refractivity contribution >= 4 is 17.2 Å². The van der Waals surface area contributed by atoms with Crippen molar-refractivity contribution in [3.8, 4) is 0 Å². The number of piperazine rings is 1. The van der Waals surface area contributed by atoms with Gasteiger partial charge in [0.2, 0.25) is 0 Å². The zero-order chi connectivity index (χ0) is 27.2. The zero-order valence-electron chi connectivity index (χ0n) is 24.7. The lowest BCUT2D eigenvalue weighted by molar-refractivity contribution is 0.106. The number of nitrogens with zero attached hydrogens (tertiary/aromatic N) is 6. The van der Waals surface area contributed by atoms with Crippen molar-refractivity contribution in [1.82, 2.24) is 29.2 Å². The highest BCUT2D eigenvalue weighted by atomic mass is 15.3. The molecule has 0 spiro atoms. The van der Waals surface area contributed by atoms with Gasteiger partial charge in [-0.1, -0.05) is 43.3 Å². The maximum absolute atomic E-state index is 4.89. The van der Waals surface area contributed by atoms with Gasteiger partial charge in [0.25, 0.3) is 0 Å². The molecule has 0 radical (unpaired) electrons. The Morgan fingerprint density at radius 1 is 0.921 bits per heavy atom. The molecule has 0 bridgehead atoms. The second-order valence-corrected chi connectivity index (χ2v) is 11.4. The van der Waals surface area contributed by atoms with Crippen molar-refractivity contribution in [2.45, 2.75) is 73.5 Å². The molecule has 1 saturated heterocycles. The van der Waals surface area contributed by atoms with E-state index in [0.29, 0.717) is 12.1 Å². The zero-order valence-corrected chi connectivity index (χ0v) is 24.7. The molecule has 1 aromatic carbocycles. The Morgan fingerprint density at radius 2 is 1.58 bits per heavy atom. The highest BCUT2D eigenvalue weighted by molar-refractivity contribution is 5.76. The van der Waals surface area contributed by atoms with E-state index in [4.69, 9.17) is 9.97 Å². The predicted molar refractivity (Wildman–Crippen MR) is 161 cm³/mol. The third-order valence-electron chi connectivity index (χ3n) is 7.88. The van der Waals surface area contributed by atoms with E-state index in [1.165, 1.54) is 36.3 Å². The second-order valence-electron chi connectivity index (χ2n) is 11.4. The van der Waals surface area contributed by atoms with Crippen molar-refractivity contribution in [2.75, 3.05) is 45.8 Å². The quantitative estimate of drug-likeness (QED) is 0.341. The lowest BCUT2D eigenvalue weighted by Crippen LogP contribution is -2.49. The van der Waals surface area contributed by atoms with E-state index in [1.54, 1.807) is 0 Å². The lowest BCUT2D eigenvalue weighted by Gasteiger charge is -2.37. The van der Waals surface area contributed by atoms with Gasteiger partial charge in [0.05, 0.1) is 6.54 Å². The van der Waals surface area contributed by atoms with Gasteiger partial charge in [0.1, 0.15) is 11.3 Å². The van der Waals surface area contributed by atoms with Crippen molar-refractivity contribution in [3.05, 3.63) is 64.6 Å². The fourth-order valence-corrected chi connectivity index (χ4v) is 5.70. The molecule has 6 heteroatoms. The molecule has 38 heavy (non-hydrogen) atoms. The second kappa shape index (κ2) is 13.0. The van der Waals surface area contributed by atoms with E-state index in [-0.39, 0.29) is 0 Å². The molecule has 0 saturated carbocycles. The van der Waals surface area contributed by atoms with Gasteiger partial charge in [-0.2, -0.15) is 0 Å². The number of pyridine rings is 1. The van der Waals surface area contributed by atoms with Crippen molar-refractivity contribution in [2.24, 2.45) is 0 Å². The molecule has 1 aliphatic heterocycles. The standard InChI is InChI=1S/C32H48N6/c1-8-30-34-31-26(6)22-27(7)33-32(31)38(30)23-29-13-11-28(12-14-29)10-9-15-35-16-18-36(19-17-35)20-21-37(24(2)3)25(4)5/h9-14,22,24-25H,8,15-21,23H2,1-7H3/b10-9+. The number of rotatable bonds is 11. The molecule has 206 valence electrons. The van der Waals surface area contributed by atoms with Crippen LogP contribution in [0.3, 0.4) is 0 Å². The predicted octanol–water partition coefficient (Wildman–Crippen LogP) is 5.41. The van der Waals surface area contributed by atoms with E-state index in [2.05, 4.69) is 110 Å². The van der Waals surface area contributed by atoms with Crippen LogP contribution in [0.1, 0.15) is 62.8 Å². The van der Waals surface area contributed by atoms with E-state index >= 15 is 0 Å². The van der Waals surface area contributed by atoms with E-state index < -0.39 is 0 Å². The molecule has 1 aliphatic rings. The van der Waals surface area contributed by atoms with Crippen LogP contribution in [0.15, 0.2) is 36.4 Å². The minimum absolute atomic E-state index is 0.612. The highest BCUT2D eigenvalue weighted by Crippen LogP contribution is 2.21. The van der Waals surface area contributed by atoms with Gasteiger partial charge < -0.3 is 4.57 Å². The van der Waals surface area contributed by atoms with Gasteiger partial charge in [0, 0.05) is 70.0 Å². The fourth-order valence-electron chi connectivity index (χ4n) is 5.70. The number of aromatic nitrogens is 3. The summed E-state index contributed by atoms with van der Waals surface area (Å²) in [7, 11) is 0. The Balaban J connectivity index is 1.27. The Labute approximate surface area is 230 Å². The lowest BCUT2D eigenvalue weighted by atomic mass is 10.1. The third kappa shape index (κ3) is 7.10. The molecular weight excluding hydrogens is 468 g/mol. The van der Waals surface area contributed by atoms with Crippen LogP contribution in [-0.2, 0) is 13.0 Å². The van der Waals surface area contributed by atoms with Gasteiger partial charge in [0.15, 0.2) is 5.65 Å². The number of imidazole rings is 1. The fraction of sp³-hybridized carbons (Fsp3) is 0.562. The van der Waals surface area contributed by atoms with Gasteiger partial charge in [-0.3, -0.25) is 14.7 Å². The first-order chi connectivity index (χ1) is 18.2. The maximum atomic E-state index is 4.89. The first kappa shape index (κ1) is 28.5. The number of benzene rings is 1. The topological polar surface area (TPSA) is 40.4 Å².